The molecule has 0 atom stereocenters. The van der Waals surface area contributed by atoms with Crippen molar-refractivity contribution in [2.75, 3.05) is 0 Å². The Morgan fingerprint density at radius 1 is 1.00 bits per heavy atom. The Morgan fingerprint density at radius 3 is 2.53 bits per heavy atom. The van der Waals surface area contributed by atoms with Gasteiger partial charge in [-0.25, -0.2) is 0 Å². The van der Waals surface area contributed by atoms with Crippen LogP contribution in [0, 0.1) is 0 Å². The van der Waals surface area contributed by atoms with Crippen LogP contribution >= 0.6 is 0 Å². The minimum Gasteiger partial charge on any atom is -0.294 e. The molecule has 1 aromatic rings. The van der Waals surface area contributed by atoms with E-state index in [9.17, 15) is 4.79 Å². The lowest BCUT2D eigenvalue weighted by molar-refractivity contribution is -0.115. The fourth-order valence-corrected chi connectivity index (χ4v) is 2.39. The molecular weight excluding hydrogens is 184 g/mol. The molecule has 1 nitrogen and oxygen atoms in total. The molecule has 2 aliphatic rings. The first-order valence-electron chi connectivity index (χ1n) is 5.33. The van der Waals surface area contributed by atoms with Gasteiger partial charge in [0, 0.05) is 18.4 Å². The van der Waals surface area contributed by atoms with Crippen LogP contribution in [0.3, 0.4) is 0 Å². The van der Waals surface area contributed by atoms with Crippen molar-refractivity contribution in [3.8, 4) is 0 Å². The number of carbonyl (C=O) groups excluding carboxylic acids is 1. The van der Waals surface area contributed by atoms with Gasteiger partial charge in [0.25, 0.3) is 0 Å². The van der Waals surface area contributed by atoms with Gasteiger partial charge in [0.1, 0.15) is 0 Å². The number of benzene rings is 1. The van der Waals surface area contributed by atoms with Crippen molar-refractivity contribution in [1.82, 2.24) is 0 Å². The molecule has 0 aliphatic heterocycles. The number of hydrogen-bond donors (Lipinski definition) is 0. The van der Waals surface area contributed by atoms with Crippen LogP contribution in [0.4, 0.5) is 0 Å². The maximum absolute atomic E-state index is 11.7. The molecule has 3 rings (SSSR count). The molecule has 0 fully saturated rings. The Labute approximate surface area is 89.1 Å². The van der Waals surface area contributed by atoms with Gasteiger partial charge in [0.2, 0.25) is 0 Å². The van der Waals surface area contributed by atoms with Gasteiger partial charge in [-0.05, 0) is 23.1 Å². The molecule has 2 aliphatic carbocycles. The van der Waals surface area contributed by atoms with E-state index in [2.05, 4.69) is 24.3 Å². The van der Waals surface area contributed by atoms with Gasteiger partial charge >= 0.3 is 0 Å². The zero-order valence-corrected chi connectivity index (χ0v) is 8.49. The Morgan fingerprint density at radius 2 is 1.73 bits per heavy atom. The zero-order valence-electron chi connectivity index (χ0n) is 8.49. The first-order chi connectivity index (χ1) is 7.34. The summed E-state index contributed by atoms with van der Waals surface area (Å²) in [7, 11) is 0. The van der Waals surface area contributed by atoms with Crippen molar-refractivity contribution < 1.29 is 4.79 Å². The predicted octanol–water partition coefficient (Wildman–Crippen LogP) is 2.61. The second kappa shape index (κ2) is 3.20. The van der Waals surface area contributed by atoms with Crippen LogP contribution in [0.5, 0.6) is 0 Å². The van der Waals surface area contributed by atoms with Gasteiger partial charge in [-0.3, -0.25) is 4.79 Å². The van der Waals surface area contributed by atoms with Gasteiger partial charge in [-0.1, -0.05) is 36.4 Å². The summed E-state index contributed by atoms with van der Waals surface area (Å²) in [5, 5.41) is 0. The minimum atomic E-state index is 0.307. The monoisotopic (exact) mass is 196 g/mol. The molecule has 0 heterocycles. The van der Waals surface area contributed by atoms with Crippen molar-refractivity contribution in [2.45, 2.75) is 19.3 Å². The third kappa shape index (κ3) is 1.35. The SMILES string of the molecule is O=C1CC=CC2=C1Cc1ccccc1C2. The van der Waals surface area contributed by atoms with E-state index >= 15 is 0 Å². The van der Waals surface area contributed by atoms with E-state index in [-0.39, 0.29) is 0 Å². The molecule has 1 heteroatoms. The Kier molecular flexibility index (Phi) is 1.84. The molecule has 1 aromatic carbocycles. The Bertz CT molecular complexity index is 492. The topological polar surface area (TPSA) is 17.1 Å². The number of fused-ring (bicyclic) bond motifs is 1. The molecule has 0 N–H and O–H groups in total. The minimum absolute atomic E-state index is 0.307. The average molecular weight is 196 g/mol. The lowest BCUT2D eigenvalue weighted by atomic mass is 9.81. The van der Waals surface area contributed by atoms with Crippen LogP contribution < -0.4 is 0 Å². The average Bonchev–Trinajstić information content (AvgIpc) is 2.27. The maximum atomic E-state index is 11.7. The first kappa shape index (κ1) is 8.66. The molecular formula is C14H12O. The molecule has 0 aromatic heterocycles. The zero-order chi connectivity index (χ0) is 10.3. The van der Waals surface area contributed by atoms with Crippen LogP contribution in [0.2, 0.25) is 0 Å². The van der Waals surface area contributed by atoms with E-state index in [1.165, 1.54) is 16.7 Å². The quantitative estimate of drug-likeness (QED) is 0.623. The van der Waals surface area contributed by atoms with Crippen molar-refractivity contribution >= 4 is 5.78 Å². The highest BCUT2D eigenvalue weighted by Crippen LogP contribution is 2.30. The summed E-state index contributed by atoms with van der Waals surface area (Å²) in [6.45, 7) is 0. The van der Waals surface area contributed by atoms with Gasteiger partial charge in [-0.2, -0.15) is 0 Å². The Balaban J connectivity index is 2.08. The highest BCUT2D eigenvalue weighted by atomic mass is 16.1. The normalized spacial score (nSPS) is 18.8. The van der Waals surface area contributed by atoms with Crippen LogP contribution in [0.25, 0.3) is 0 Å². The summed E-state index contributed by atoms with van der Waals surface area (Å²) in [6.07, 6.45) is 6.44. The van der Waals surface area contributed by atoms with E-state index in [1.54, 1.807) is 0 Å². The molecule has 0 saturated heterocycles. The van der Waals surface area contributed by atoms with Crippen molar-refractivity contribution in [3.05, 3.63) is 58.7 Å². The van der Waals surface area contributed by atoms with E-state index in [4.69, 9.17) is 0 Å². The van der Waals surface area contributed by atoms with Crippen LogP contribution in [0.15, 0.2) is 47.6 Å². The smallest absolute Gasteiger partial charge is 0.163 e. The van der Waals surface area contributed by atoms with Crippen LogP contribution in [-0.2, 0) is 17.6 Å². The standard InChI is InChI=1S/C14H12O/c15-14-7-3-6-12-8-10-4-1-2-5-11(10)9-13(12)14/h1-6H,7-9H2. The highest BCUT2D eigenvalue weighted by molar-refractivity contribution is 5.99. The Hall–Kier alpha value is -1.63. The summed E-state index contributed by atoms with van der Waals surface area (Å²) >= 11 is 0. The molecule has 0 spiro atoms. The number of carbonyl (C=O) groups is 1. The fraction of sp³-hybridized carbons (Fsp3) is 0.214. The number of hydrogen-bond acceptors (Lipinski definition) is 1. The van der Waals surface area contributed by atoms with Crippen LogP contribution in [0.1, 0.15) is 17.5 Å². The molecule has 0 bridgehead atoms. The molecule has 74 valence electrons. The third-order valence-corrected chi connectivity index (χ3v) is 3.21. The van der Waals surface area contributed by atoms with E-state index < -0.39 is 0 Å². The summed E-state index contributed by atoms with van der Waals surface area (Å²) < 4.78 is 0. The third-order valence-electron chi connectivity index (χ3n) is 3.21. The highest BCUT2D eigenvalue weighted by Gasteiger charge is 2.22. The van der Waals surface area contributed by atoms with E-state index in [0.29, 0.717) is 12.2 Å². The summed E-state index contributed by atoms with van der Waals surface area (Å²) in [6, 6.07) is 8.41. The molecule has 0 saturated carbocycles. The second-order valence-corrected chi connectivity index (χ2v) is 4.16. The predicted molar refractivity (Wildman–Crippen MR) is 59.6 cm³/mol. The summed E-state index contributed by atoms with van der Waals surface area (Å²) in [5.41, 5.74) is 4.96. The molecule has 0 amide bonds. The lowest BCUT2D eigenvalue weighted by Crippen LogP contribution is -2.16. The fourth-order valence-electron chi connectivity index (χ4n) is 2.39. The van der Waals surface area contributed by atoms with E-state index in [0.717, 1.165) is 18.4 Å². The largest absolute Gasteiger partial charge is 0.294 e. The van der Waals surface area contributed by atoms with Crippen molar-refractivity contribution in [1.29, 1.82) is 0 Å². The van der Waals surface area contributed by atoms with E-state index in [1.807, 2.05) is 12.1 Å². The number of ketones is 1. The van der Waals surface area contributed by atoms with Gasteiger partial charge < -0.3 is 0 Å². The van der Waals surface area contributed by atoms with Gasteiger partial charge in [-0.15, -0.1) is 0 Å². The molecule has 0 radical (unpaired) electrons. The van der Waals surface area contributed by atoms with Gasteiger partial charge in [0.15, 0.2) is 5.78 Å². The van der Waals surface area contributed by atoms with Gasteiger partial charge in [0.05, 0.1) is 0 Å². The first-order valence-corrected chi connectivity index (χ1v) is 5.33. The van der Waals surface area contributed by atoms with Crippen molar-refractivity contribution in [2.24, 2.45) is 0 Å². The lowest BCUT2D eigenvalue weighted by Gasteiger charge is -2.22. The maximum Gasteiger partial charge on any atom is 0.163 e. The van der Waals surface area contributed by atoms with Crippen molar-refractivity contribution in [3.63, 3.8) is 0 Å². The summed E-state index contributed by atoms with van der Waals surface area (Å²) in [5.74, 6) is 0.307. The number of Topliss-reactive ketones (excluding diaryl/α,β-unsaturated/α-hetero) is 1. The number of rotatable bonds is 0. The number of allylic oxidation sites excluding steroid dienone is 4. The molecule has 15 heavy (non-hydrogen) atoms. The van der Waals surface area contributed by atoms with Crippen LogP contribution in [-0.4, -0.2) is 5.78 Å². The summed E-state index contributed by atoms with van der Waals surface area (Å²) in [4.78, 5) is 11.7. The molecule has 0 unspecified atom stereocenters. The second-order valence-electron chi connectivity index (χ2n) is 4.16.